The third kappa shape index (κ3) is 5.31. The molecule has 2 aromatic rings. The normalized spacial score (nSPS) is 14.1. The number of nitrogens with one attached hydrogen (secondary N) is 1. The molecule has 0 unspecified atom stereocenters. The highest BCUT2D eigenvalue weighted by Gasteiger charge is 2.21. The van der Waals surface area contributed by atoms with Crippen molar-refractivity contribution in [1.29, 1.82) is 0 Å². The van der Waals surface area contributed by atoms with Gasteiger partial charge in [0.2, 0.25) is 5.91 Å². The lowest BCUT2D eigenvalue weighted by Crippen LogP contribution is -2.20. The fourth-order valence-electron chi connectivity index (χ4n) is 3.14. The number of benzene rings is 1. The number of rotatable bonds is 7. The number of aldehydes is 1. The average Bonchev–Trinajstić information content (AvgIpc) is 2.71. The number of nitrogens with zero attached hydrogens (tertiary/aromatic N) is 2. The van der Waals surface area contributed by atoms with E-state index < -0.39 is 0 Å². The Morgan fingerprint density at radius 1 is 1.24 bits per heavy atom. The van der Waals surface area contributed by atoms with E-state index in [9.17, 15) is 9.59 Å². The number of ether oxygens (including phenoxy) is 1. The fraction of sp³-hybridized carbons (Fsp3) is 0.261. The smallest absolute Gasteiger partial charge is 0.224 e. The van der Waals surface area contributed by atoms with Crippen molar-refractivity contribution in [3.8, 4) is 5.75 Å². The molecule has 1 aromatic carbocycles. The van der Waals surface area contributed by atoms with E-state index in [0.717, 1.165) is 34.2 Å². The molecule has 2 heterocycles. The second-order valence-electron chi connectivity index (χ2n) is 7.26. The molecule has 1 amide bonds. The van der Waals surface area contributed by atoms with E-state index in [0.29, 0.717) is 30.8 Å². The molecule has 150 valence electrons. The van der Waals surface area contributed by atoms with Gasteiger partial charge in [-0.3, -0.25) is 14.6 Å². The summed E-state index contributed by atoms with van der Waals surface area (Å²) in [6.07, 6.45) is 9.17. The molecule has 0 spiro atoms. The topological polar surface area (TPSA) is 71.5 Å². The minimum atomic E-state index is -0.0141. The van der Waals surface area contributed by atoms with E-state index in [4.69, 9.17) is 4.74 Å². The molecule has 29 heavy (non-hydrogen) atoms. The summed E-state index contributed by atoms with van der Waals surface area (Å²) in [5.74, 6) is 0.601. The summed E-state index contributed by atoms with van der Waals surface area (Å²) in [6.45, 7) is 2.14. The minimum Gasteiger partial charge on any atom is -0.487 e. The molecule has 0 saturated heterocycles. The zero-order valence-electron chi connectivity index (χ0n) is 16.9. The second-order valence-corrected chi connectivity index (χ2v) is 7.26. The van der Waals surface area contributed by atoms with Crippen LogP contribution in [0.5, 0.6) is 5.75 Å². The maximum Gasteiger partial charge on any atom is 0.224 e. The Bertz CT molecular complexity index is 963. The molecule has 1 aliphatic heterocycles. The van der Waals surface area contributed by atoms with Gasteiger partial charge in [0.1, 0.15) is 18.6 Å². The molecule has 1 aromatic heterocycles. The quantitative estimate of drug-likeness (QED) is 0.444. The van der Waals surface area contributed by atoms with Crippen molar-refractivity contribution in [2.75, 3.05) is 19.4 Å². The van der Waals surface area contributed by atoms with E-state index in [1.54, 1.807) is 19.3 Å². The van der Waals surface area contributed by atoms with Crippen molar-refractivity contribution >= 4 is 23.5 Å². The molecular formula is C23H25N3O3. The first-order chi connectivity index (χ1) is 14.0. The van der Waals surface area contributed by atoms with E-state index >= 15 is 0 Å². The number of hydrogen-bond donors (Lipinski definition) is 1. The van der Waals surface area contributed by atoms with Crippen LogP contribution in [-0.2, 0) is 22.6 Å². The standard InChI is InChI=1S/C23H25N3O3/c1-16(14-27)10-20(13-26(2)3)19-11-18-4-5-22(28)25-23(18)21(12-19)29-15-17-6-8-24-9-7-17/h6-14H,4-5,15H2,1-3H3,(H,25,28)/b16-10-,20-13+. The van der Waals surface area contributed by atoms with Gasteiger partial charge in [0.15, 0.2) is 0 Å². The Morgan fingerprint density at radius 3 is 2.69 bits per heavy atom. The van der Waals surface area contributed by atoms with Crippen LogP contribution < -0.4 is 10.1 Å². The van der Waals surface area contributed by atoms with Gasteiger partial charge in [-0.05, 0) is 71.5 Å². The third-order valence-corrected chi connectivity index (χ3v) is 4.51. The van der Waals surface area contributed by atoms with Crippen LogP contribution in [0.15, 0.2) is 54.5 Å². The van der Waals surface area contributed by atoms with Crippen LogP contribution in [0, 0.1) is 0 Å². The zero-order chi connectivity index (χ0) is 20.8. The first kappa shape index (κ1) is 20.3. The lowest BCUT2D eigenvalue weighted by atomic mass is 9.95. The number of carbonyl (C=O) groups is 2. The number of pyridine rings is 1. The number of fused-ring (bicyclic) bond motifs is 1. The predicted octanol–water partition coefficient (Wildman–Crippen LogP) is 3.59. The summed E-state index contributed by atoms with van der Waals surface area (Å²) >= 11 is 0. The van der Waals surface area contributed by atoms with Gasteiger partial charge in [0.05, 0.1) is 5.69 Å². The largest absolute Gasteiger partial charge is 0.487 e. The third-order valence-electron chi connectivity index (χ3n) is 4.51. The number of aromatic nitrogens is 1. The SMILES string of the molecule is C/C(C=O)=C/C(=C\N(C)C)c1cc2c(c(OCc3ccncc3)c1)NC(=O)CC2. The van der Waals surface area contributed by atoms with Gasteiger partial charge < -0.3 is 15.0 Å². The zero-order valence-corrected chi connectivity index (χ0v) is 16.9. The summed E-state index contributed by atoms with van der Waals surface area (Å²) in [5.41, 5.74) is 5.19. The number of amides is 1. The van der Waals surface area contributed by atoms with Crippen molar-refractivity contribution in [2.45, 2.75) is 26.4 Å². The predicted molar refractivity (Wildman–Crippen MR) is 113 cm³/mol. The lowest BCUT2D eigenvalue weighted by Gasteiger charge is -2.22. The van der Waals surface area contributed by atoms with Crippen LogP contribution in [0.1, 0.15) is 30.0 Å². The Balaban J connectivity index is 2.03. The van der Waals surface area contributed by atoms with Gasteiger partial charge in [-0.15, -0.1) is 0 Å². The molecule has 1 N–H and O–H groups in total. The Kier molecular flexibility index (Phi) is 6.44. The van der Waals surface area contributed by atoms with Crippen molar-refractivity contribution in [3.05, 3.63) is 71.2 Å². The first-order valence-corrected chi connectivity index (χ1v) is 9.47. The van der Waals surface area contributed by atoms with Crippen LogP contribution in [0.3, 0.4) is 0 Å². The monoisotopic (exact) mass is 391 g/mol. The van der Waals surface area contributed by atoms with Crippen LogP contribution in [0.25, 0.3) is 5.57 Å². The summed E-state index contributed by atoms with van der Waals surface area (Å²) in [5, 5.41) is 2.95. The van der Waals surface area contributed by atoms with Crippen LogP contribution in [0.4, 0.5) is 5.69 Å². The molecule has 0 fully saturated rings. The van der Waals surface area contributed by atoms with Gasteiger partial charge >= 0.3 is 0 Å². The number of anilines is 1. The molecule has 0 bridgehead atoms. The van der Waals surface area contributed by atoms with Gasteiger partial charge in [-0.25, -0.2) is 0 Å². The van der Waals surface area contributed by atoms with Crippen LogP contribution in [0.2, 0.25) is 0 Å². The molecule has 0 saturated carbocycles. The lowest BCUT2D eigenvalue weighted by molar-refractivity contribution is -0.116. The number of hydrogen-bond acceptors (Lipinski definition) is 5. The van der Waals surface area contributed by atoms with Crippen molar-refractivity contribution < 1.29 is 14.3 Å². The summed E-state index contributed by atoms with van der Waals surface area (Å²) in [6, 6.07) is 7.75. The molecular weight excluding hydrogens is 366 g/mol. The summed E-state index contributed by atoms with van der Waals surface area (Å²) < 4.78 is 6.09. The van der Waals surface area contributed by atoms with Crippen LogP contribution >= 0.6 is 0 Å². The number of aryl methyl sites for hydroxylation is 1. The average molecular weight is 391 g/mol. The molecule has 6 heteroatoms. The van der Waals surface area contributed by atoms with E-state index in [1.807, 2.05) is 49.5 Å². The van der Waals surface area contributed by atoms with Gasteiger partial charge in [-0.2, -0.15) is 0 Å². The maximum absolute atomic E-state index is 12.0. The van der Waals surface area contributed by atoms with Gasteiger partial charge in [-0.1, -0.05) is 0 Å². The fourth-order valence-corrected chi connectivity index (χ4v) is 3.14. The van der Waals surface area contributed by atoms with E-state index in [2.05, 4.69) is 16.4 Å². The Hall–Kier alpha value is -3.41. The van der Waals surface area contributed by atoms with Gasteiger partial charge in [0.25, 0.3) is 0 Å². The van der Waals surface area contributed by atoms with E-state index in [-0.39, 0.29) is 5.91 Å². The first-order valence-electron chi connectivity index (χ1n) is 9.47. The summed E-state index contributed by atoms with van der Waals surface area (Å²) in [7, 11) is 3.87. The highest BCUT2D eigenvalue weighted by atomic mass is 16.5. The van der Waals surface area contributed by atoms with E-state index in [1.165, 1.54) is 0 Å². The molecule has 1 aliphatic rings. The Morgan fingerprint density at radius 2 is 2.00 bits per heavy atom. The van der Waals surface area contributed by atoms with Crippen molar-refractivity contribution in [2.24, 2.45) is 0 Å². The van der Waals surface area contributed by atoms with Crippen molar-refractivity contribution in [1.82, 2.24) is 9.88 Å². The maximum atomic E-state index is 12.0. The van der Waals surface area contributed by atoms with Crippen molar-refractivity contribution in [3.63, 3.8) is 0 Å². The highest BCUT2D eigenvalue weighted by Crippen LogP contribution is 2.37. The van der Waals surface area contributed by atoms with Crippen LogP contribution in [-0.4, -0.2) is 36.2 Å². The van der Waals surface area contributed by atoms with Gasteiger partial charge in [0, 0.05) is 39.1 Å². The molecule has 0 radical (unpaired) electrons. The number of allylic oxidation sites excluding steroid dienone is 3. The molecule has 3 rings (SSSR count). The Labute approximate surface area is 170 Å². The summed E-state index contributed by atoms with van der Waals surface area (Å²) in [4.78, 5) is 29.1. The minimum absolute atomic E-state index is 0.0141. The second kappa shape index (κ2) is 9.19. The number of carbonyl (C=O) groups excluding carboxylic acids is 2. The molecule has 0 aliphatic carbocycles. The molecule has 6 nitrogen and oxygen atoms in total. The molecule has 0 atom stereocenters. The highest BCUT2D eigenvalue weighted by molar-refractivity contribution is 5.96.